The van der Waals surface area contributed by atoms with E-state index in [4.69, 9.17) is 5.73 Å². The van der Waals surface area contributed by atoms with Crippen LogP contribution in [-0.2, 0) is 4.79 Å². The van der Waals surface area contributed by atoms with Crippen LogP contribution in [0.5, 0.6) is 0 Å². The molecule has 0 spiro atoms. The van der Waals surface area contributed by atoms with Gasteiger partial charge in [-0.05, 0) is 45.9 Å². The number of hydrogen-bond acceptors (Lipinski definition) is 3. The molecule has 1 atom stereocenters. The highest BCUT2D eigenvalue weighted by Gasteiger charge is 2.20. The second-order valence-corrected chi connectivity index (χ2v) is 5.53. The number of carbonyl (C=O) groups is 2. The van der Waals surface area contributed by atoms with Gasteiger partial charge in [0, 0.05) is 22.5 Å². The molecule has 1 aromatic carbocycles. The number of nitrogens with zero attached hydrogens (tertiary/aromatic N) is 2. The van der Waals surface area contributed by atoms with Crippen LogP contribution < -0.4 is 11.1 Å². The quantitative estimate of drug-likeness (QED) is 0.906. The zero-order valence-electron chi connectivity index (χ0n) is 13.5. The zero-order chi connectivity index (χ0) is 17.3. The van der Waals surface area contributed by atoms with Gasteiger partial charge in [-0.1, -0.05) is 0 Å². The normalized spacial score (nSPS) is 12.0. The molecule has 3 N–H and O–H groups in total. The lowest BCUT2D eigenvalue weighted by Gasteiger charge is -2.16. The standard InChI is InChI=1S/C16H19FN4O2/c1-8-5-9(2)21(20-8)11(4)16(23)19-14-7-12(15(18)22)6-13(17)10(14)3/h5-7,11H,1-4H3,(H2,18,22)(H,19,23)/t11-/m0/s1. The molecule has 1 heterocycles. The molecule has 2 amide bonds. The lowest BCUT2D eigenvalue weighted by atomic mass is 10.1. The first-order valence-corrected chi connectivity index (χ1v) is 7.14. The predicted octanol–water partition coefficient (Wildman–Crippen LogP) is 2.25. The zero-order valence-corrected chi connectivity index (χ0v) is 13.5. The number of aromatic nitrogens is 2. The van der Waals surface area contributed by atoms with Crippen LogP contribution in [0, 0.1) is 26.6 Å². The van der Waals surface area contributed by atoms with E-state index in [1.807, 2.05) is 19.9 Å². The second-order valence-electron chi connectivity index (χ2n) is 5.53. The first kappa shape index (κ1) is 16.7. The molecule has 0 saturated carbocycles. The van der Waals surface area contributed by atoms with Gasteiger partial charge < -0.3 is 11.1 Å². The molecule has 0 saturated heterocycles. The summed E-state index contributed by atoms with van der Waals surface area (Å²) >= 11 is 0. The Morgan fingerprint density at radius 1 is 1.26 bits per heavy atom. The number of nitrogens with one attached hydrogen (secondary N) is 1. The summed E-state index contributed by atoms with van der Waals surface area (Å²) in [6.45, 7) is 6.90. The van der Waals surface area contributed by atoms with Gasteiger partial charge in [-0.15, -0.1) is 0 Å². The number of benzene rings is 1. The van der Waals surface area contributed by atoms with Crippen molar-refractivity contribution in [3.63, 3.8) is 0 Å². The summed E-state index contributed by atoms with van der Waals surface area (Å²) in [6, 6.07) is 3.70. The molecule has 0 aliphatic rings. The lowest BCUT2D eigenvalue weighted by molar-refractivity contribution is -0.119. The third-order valence-electron chi connectivity index (χ3n) is 3.68. The predicted molar refractivity (Wildman–Crippen MR) is 84.7 cm³/mol. The largest absolute Gasteiger partial charge is 0.366 e. The molecule has 0 radical (unpaired) electrons. The Balaban J connectivity index is 2.29. The Kier molecular flexibility index (Phi) is 4.49. The summed E-state index contributed by atoms with van der Waals surface area (Å²) < 4.78 is 15.5. The maximum atomic E-state index is 13.9. The summed E-state index contributed by atoms with van der Waals surface area (Å²) in [5, 5.41) is 6.90. The van der Waals surface area contributed by atoms with Crippen molar-refractivity contribution in [1.82, 2.24) is 9.78 Å². The summed E-state index contributed by atoms with van der Waals surface area (Å²) in [4.78, 5) is 23.6. The number of hydrogen-bond donors (Lipinski definition) is 2. The van der Waals surface area contributed by atoms with Gasteiger partial charge in [0.2, 0.25) is 11.8 Å². The highest BCUT2D eigenvalue weighted by atomic mass is 19.1. The van der Waals surface area contributed by atoms with E-state index in [1.54, 1.807) is 11.6 Å². The summed E-state index contributed by atoms with van der Waals surface area (Å²) in [5.41, 5.74) is 7.29. The van der Waals surface area contributed by atoms with Crippen LogP contribution in [0.4, 0.5) is 10.1 Å². The molecule has 2 rings (SSSR count). The SMILES string of the molecule is Cc1cc(C)n([C@@H](C)C(=O)Nc2cc(C(N)=O)cc(F)c2C)n1. The smallest absolute Gasteiger partial charge is 0.248 e. The van der Waals surface area contributed by atoms with Crippen molar-refractivity contribution in [3.05, 3.63) is 46.5 Å². The van der Waals surface area contributed by atoms with Gasteiger partial charge in [0.05, 0.1) is 5.69 Å². The third-order valence-corrected chi connectivity index (χ3v) is 3.68. The van der Waals surface area contributed by atoms with Crippen molar-refractivity contribution in [1.29, 1.82) is 0 Å². The van der Waals surface area contributed by atoms with Crippen molar-refractivity contribution in [2.75, 3.05) is 5.32 Å². The van der Waals surface area contributed by atoms with Crippen LogP contribution in [0.1, 0.15) is 40.3 Å². The monoisotopic (exact) mass is 318 g/mol. The summed E-state index contributed by atoms with van der Waals surface area (Å²) in [6.07, 6.45) is 0. The van der Waals surface area contributed by atoms with Gasteiger partial charge in [0.15, 0.2) is 0 Å². The molecule has 2 aromatic rings. The van der Waals surface area contributed by atoms with E-state index in [9.17, 15) is 14.0 Å². The number of anilines is 1. The Hall–Kier alpha value is -2.70. The lowest BCUT2D eigenvalue weighted by Crippen LogP contribution is -2.26. The van der Waals surface area contributed by atoms with Crippen LogP contribution in [0.15, 0.2) is 18.2 Å². The van der Waals surface area contributed by atoms with Crippen LogP contribution in [-0.4, -0.2) is 21.6 Å². The number of primary amides is 1. The molecule has 0 aliphatic carbocycles. The van der Waals surface area contributed by atoms with Gasteiger partial charge in [-0.2, -0.15) is 5.10 Å². The van der Waals surface area contributed by atoms with Gasteiger partial charge >= 0.3 is 0 Å². The number of nitrogens with two attached hydrogens (primary N) is 1. The van der Waals surface area contributed by atoms with E-state index in [0.29, 0.717) is 0 Å². The van der Waals surface area contributed by atoms with Gasteiger partial charge in [0.1, 0.15) is 11.9 Å². The van der Waals surface area contributed by atoms with Crippen LogP contribution in [0.25, 0.3) is 0 Å². The minimum atomic E-state index is -0.758. The van der Waals surface area contributed by atoms with Crippen molar-refractivity contribution in [2.45, 2.75) is 33.7 Å². The molecule has 23 heavy (non-hydrogen) atoms. The van der Waals surface area contributed by atoms with E-state index in [2.05, 4.69) is 10.4 Å². The fourth-order valence-electron chi connectivity index (χ4n) is 2.34. The average molecular weight is 318 g/mol. The van der Waals surface area contributed by atoms with Gasteiger partial charge in [-0.3, -0.25) is 14.3 Å². The Labute approximate surface area is 133 Å². The summed E-state index contributed by atoms with van der Waals surface area (Å²) in [7, 11) is 0. The molecule has 1 aromatic heterocycles. The van der Waals surface area contributed by atoms with E-state index in [-0.39, 0.29) is 22.7 Å². The van der Waals surface area contributed by atoms with Crippen LogP contribution in [0.2, 0.25) is 0 Å². The Morgan fingerprint density at radius 3 is 2.43 bits per heavy atom. The van der Waals surface area contributed by atoms with Crippen molar-refractivity contribution in [2.24, 2.45) is 5.73 Å². The van der Waals surface area contributed by atoms with E-state index in [1.165, 1.54) is 13.0 Å². The van der Waals surface area contributed by atoms with Crippen molar-refractivity contribution < 1.29 is 14.0 Å². The third kappa shape index (κ3) is 3.39. The highest BCUT2D eigenvalue weighted by Crippen LogP contribution is 2.22. The molecule has 6 nitrogen and oxygen atoms in total. The highest BCUT2D eigenvalue weighted by molar-refractivity contribution is 5.98. The topological polar surface area (TPSA) is 90.0 Å². The van der Waals surface area contributed by atoms with Crippen LogP contribution in [0.3, 0.4) is 0 Å². The molecule has 0 aliphatic heterocycles. The number of rotatable bonds is 4. The van der Waals surface area contributed by atoms with E-state index < -0.39 is 17.8 Å². The molecule has 122 valence electrons. The first-order chi connectivity index (χ1) is 10.7. The van der Waals surface area contributed by atoms with Crippen LogP contribution >= 0.6 is 0 Å². The Morgan fingerprint density at radius 2 is 1.91 bits per heavy atom. The van der Waals surface area contributed by atoms with E-state index in [0.717, 1.165) is 17.5 Å². The molecular formula is C16H19FN4O2. The summed E-state index contributed by atoms with van der Waals surface area (Å²) in [5.74, 6) is -1.72. The molecule has 0 bridgehead atoms. The number of halogens is 1. The van der Waals surface area contributed by atoms with Crippen molar-refractivity contribution >= 4 is 17.5 Å². The average Bonchev–Trinajstić information content (AvgIpc) is 2.81. The fraction of sp³-hybridized carbons (Fsp3) is 0.312. The first-order valence-electron chi connectivity index (χ1n) is 7.14. The maximum absolute atomic E-state index is 13.9. The molecule has 7 heteroatoms. The fourth-order valence-corrected chi connectivity index (χ4v) is 2.34. The van der Waals surface area contributed by atoms with Crippen molar-refractivity contribution in [3.8, 4) is 0 Å². The molecule has 0 fully saturated rings. The number of carbonyl (C=O) groups excluding carboxylic acids is 2. The maximum Gasteiger partial charge on any atom is 0.248 e. The number of amides is 2. The second kappa shape index (κ2) is 6.20. The minimum absolute atomic E-state index is 0.00201. The minimum Gasteiger partial charge on any atom is -0.366 e. The van der Waals surface area contributed by atoms with E-state index >= 15 is 0 Å². The van der Waals surface area contributed by atoms with Gasteiger partial charge in [-0.25, -0.2) is 4.39 Å². The molecular weight excluding hydrogens is 299 g/mol. The Bertz CT molecular complexity index is 783. The molecule has 0 unspecified atom stereocenters. The number of aryl methyl sites for hydroxylation is 2. The van der Waals surface area contributed by atoms with Gasteiger partial charge in [0.25, 0.3) is 0 Å².